The third-order valence-corrected chi connectivity index (χ3v) is 2.12. The van der Waals surface area contributed by atoms with Crippen LogP contribution in [0.25, 0.3) is 5.69 Å². The van der Waals surface area contributed by atoms with Crippen LogP contribution in [0.15, 0.2) is 41.2 Å². The Hall–Kier alpha value is -1.81. The van der Waals surface area contributed by atoms with Gasteiger partial charge in [-0.2, -0.15) is 0 Å². The van der Waals surface area contributed by atoms with Gasteiger partial charge in [-0.25, -0.2) is 9.55 Å². The summed E-state index contributed by atoms with van der Waals surface area (Å²) < 4.78 is 1.30. The molecule has 0 radical (unpaired) electrons. The van der Waals surface area contributed by atoms with Crippen molar-refractivity contribution in [2.45, 2.75) is 0 Å². The van der Waals surface area contributed by atoms with Crippen LogP contribution in [0.4, 0.5) is 5.95 Å². The first kappa shape index (κ1) is 9.73. The van der Waals surface area contributed by atoms with Gasteiger partial charge in [-0.1, -0.05) is 29.8 Å². The fourth-order valence-electron chi connectivity index (χ4n) is 1.31. The van der Waals surface area contributed by atoms with Gasteiger partial charge in [0.2, 0.25) is 5.95 Å². The minimum absolute atomic E-state index is 0.0821. The second-order valence-corrected chi connectivity index (χ2v) is 3.33. The van der Waals surface area contributed by atoms with Crippen molar-refractivity contribution in [1.82, 2.24) is 9.55 Å². The standard InChI is InChI=1S/C10H8ClN3O/c11-8-6-9(15)14(10(12)13-8)7-4-2-1-3-5-7/h1-6H,(H2,12,13). The van der Waals surface area contributed by atoms with Gasteiger partial charge in [0.15, 0.2) is 0 Å². The molecule has 5 heteroatoms. The van der Waals surface area contributed by atoms with Crippen LogP contribution in [-0.2, 0) is 0 Å². The average molecular weight is 222 g/mol. The molecule has 0 aliphatic heterocycles. The third-order valence-electron chi connectivity index (χ3n) is 1.93. The van der Waals surface area contributed by atoms with E-state index in [0.717, 1.165) is 0 Å². The third kappa shape index (κ3) is 1.85. The molecule has 1 heterocycles. The van der Waals surface area contributed by atoms with Crippen molar-refractivity contribution in [3.8, 4) is 5.69 Å². The van der Waals surface area contributed by atoms with Crippen LogP contribution in [0.2, 0.25) is 5.15 Å². The highest BCUT2D eigenvalue weighted by molar-refractivity contribution is 6.29. The molecule has 0 spiro atoms. The zero-order valence-electron chi connectivity index (χ0n) is 7.72. The lowest BCUT2D eigenvalue weighted by molar-refractivity contribution is 0.956. The fourth-order valence-corrected chi connectivity index (χ4v) is 1.49. The number of aromatic nitrogens is 2. The Bertz CT molecular complexity index is 536. The Morgan fingerprint density at radius 1 is 1.27 bits per heavy atom. The summed E-state index contributed by atoms with van der Waals surface area (Å²) in [6.07, 6.45) is 0. The number of benzene rings is 1. The monoisotopic (exact) mass is 221 g/mol. The molecule has 76 valence electrons. The first-order chi connectivity index (χ1) is 7.18. The number of nitrogens with zero attached hydrogens (tertiary/aromatic N) is 2. The minimum atomic E-state index is -0.293. The lowest BCUT2D eigenvalue weighted by Crippen LogP contribution is -2.21. The molecule has 0 atom stereocenters. The topological polar surface area (TPSA) is 60.9 Å². The van der Waals surface area contributed by atoms with Gasteiger partial charge in [0.1, 0.15) is 5.15 Å². The summed E-state index contributed by atoms with van der Waals surface area (Å²) in [7, 11) is 0. The van der Waals surface area contributed by atoms with Gasteiger partial charge in [-0.15, -0.1) is 0 Å². The maximum absolute atomic E-state index is 11.6. The summed E-state index contributed by atoms with van der Waals surface area (Å²) in [6.45, 7) is 0. The highest BCUT2D eigenvalue weighted by Gasteiger charge is 2.05. The molecule has 0 saturated heterocycles. The Morgan fingerprint density at radius 3 is 2.53 bits per heavy atom. The van der Waals surface area contributed by atoms with Crippen molar-refractivity contribution in [3.63, 3.8) is 0 Å². The van der Waals surface area contributed by atoms with Crippen LogP contribution in [0.3, 0.4) is 0 Å². The van der Waals surface area contributed by atoms with Gasteiger partial charge in [0.05, 0.1) is 5.69 Å². The van der Waals surface area contributed by atoms with Crippen molar-refractivity contribution in [2.75, 3.05) is 5.73 Å². The summed E-state index contributed by atoms with van der Waals surface area (Å²) in [6, 6.07) is 10.3. The fraction of sp³-hybridized carbons (Fsp3) is 0. The van der Waals surface area contributed by atoms with Crippen molar-refractivity contribution in [1.29, 1.82) is 0 Å². The van der Waals surface area contributed by atoms with Crippen molar-refractivity contribution < 1.29 is 0 Å². The molecule has 0 fully saturated rings. The molecule has 0 aliphatic carbocycles. The molecule has 2 rings (SSSR count). The summed E-state index contributed by atoms with van der Waals surface area (Å²) in [5, 5.41) is 0.102. The first-order valence-electron chi connectivity index (χ1n) is 4.29. The molecule has 0 bridgehead atoms. The maximum Gasteiger partial charge on any atom is 0.260 e. The number of hydrogen-bond donors (Lipinski definition) is 1. The quantitative estimate of drug-likeness (QED) is 0.742. The Morgan fingerprint density at radius 2 is 1.93 bits per heavy atom. The van der Waals surface area contributed by atoms with Gasteiger partial charge in [-0.05, 0) is 12.1 Å². The molecule has 4 nitrogen and oxygen atoms in total. The van der Waals surface area contributed by atoms with E-state index >= 15 is 0 Å². The lowest BCUT2D eigenvalue weighted by Gasteiger charge is -2.07. The summed E-state index contributed by atoms with van der Waals surface area (Å²) >= 11 is 5.61. The highest BCUT2D eigenvalue weighted by atomic mass is 35.5. The number of para-hydroxylation sites is 1. The second kappa shape index (κ2) is 3.74. The molecule has 1 aromatic heterocycles. The smallest absolute Gasteiger partial charge is 0.260 e. The minimum Gasteiger partial charge on any atom is -0.369 e. The number of rotatable bonds is 1. The van der Waals surface area contributed by atoms with Crippen LogP contribution in [0.1, 0.15) is 0 Å². The van der Waals surface area contributed by atoms with E-state index in [4.69, 9.17) is 17.3 Å². The zero-order valence-corrected chi connectivity index (χ0v) is 8.48. The normalized spacial score (nSPS) is 10.2. The number of hydrogen-bond acceptors (Lipinski definition) is 3. The predicted molar refractivity (Wildman–Crippen MR) is 59.3 cm³/mol. The molecular formula is C10H8ClN3O. The van der Waals surface area contributed by atoms with Crippen LogP contribution < -0.4 is 11.3 Å². The molecule has 15 heavy (non-hydrogen) atoms. The molecule has 2 N–H and O–H groups in total. The summed E-state index contributed by atoms with van der Waals surface area (Å²) in [5.41, 5.74) is 6.00. The highest BCUT2D eigenvalue weighted by Crippen LogP contribution is 2.10. The van der Waals surface area contributed by atoms with Crippen LogP contribution in [-0.4, -0.2) is 9.55 Å². The van der Waals surface area contributed by atoms with E-state index in [2.05, 4.69) is 4.98 Å². The Labute approximate surface area is 90.9 Å². The summed E-state index contributed by atoms with van der Waals surface area (Å²) in [4.78, 5) is 15.4. The van der Waals surface area contributed by atoms with Crippen LogP contribution in [0.5, 0.6) is 0 Å². The van der Waals surface area contributed by atoms with Crippen LogP contribution in [0, 0.1) is 0 Å². The van der Waals surface area contributed by atoms with Gasteiger partial charge in [0.25, 0.3) is 5.56 Å². The molecule has 0 aliphatic rings. The molecule has 1 aromatic carbocycles. The largest absolute Gasteiger partial charge is 0.369 e. The number of nitrogens with two attached hydrogens (primary N) is 1. The lowest BCUT2D eigenvalue weighted by atomic mass is 10.3. The average Bonchev–Trinajstić information content (AvgIpc) is 2.17. The number of halogens is 1. The summed E-state index contributed by atoms with van der Waals surface area (Å²) in [5.74, 6) is 0.0821. The van der Waals surface area contributed by atoms with E-state index in [-0.39, 0.29) is 16.7 Å². The van der Waals surface area contributed by atoms with E-state index in [0.29, 0.717) is 5.69 Å². The van der Waals surface area contributed by atoms with Gasteiger partial charge in [0, 0.05) is 6.07 Å². The number of anilines is 1. The van der Waals surface area contributed by atoms with Gasteiger partial charge < -0.3 is 5.73 Å². The zero-order chi connectivity index (χ0) is 10.8. The van der Waals surface area contributed by atoms with E-state index in [9.17, 15) is 4.79 Å². The van der Waals surface area contributed by atoms with Crippen molar-refractivity contribution >= 4 is 17.5 Å². The van der Waals surface area contributed by atoms with Crippen molar-refractivity contribution in [2.24, 2.45) is 0 Å². The Kier molecular flexibility index (Phi) is 2.43. The SMILES string of the molecule is Nc1nc(Cl)cc(=O)n1-c1ccccc1. The number of nitrogen functional groups attached to an aromatic ring is 1. The Balaban J connectivity index is 2.69. The molecule has 2 aromatic rings. The van der Waals surface area contributed by atoms with Gasteiger partial charge in [-0.3, -0.25) is 4.79 Å². The van der Waals surface area contributed by atoms with Crippen LogP contribution >= 0.6 is 11.6 Å². The van der Waals surface area contributed by atoms with E-state index in [1.54, 1.807) is 12.1 Å². The molecule has 0 unspecified atom stereocenters. The van der Waals surface area contributed by atoms with E-state index in [1.807, 2.05) is 18.2 Å². The van der Waals surface area contributed by atoms with E-state index < -0.39 is 0 Å². The van der Waals surface area contributed by atoms with Crippen molar-refractivity contribution in [3.05, 3.63) is 51.9 Å². The second-order valence-electron chi connectivity index (χ2n) is 2.95. The predicted octanol–water partition coefficient (Wildman–Crippen LogP) is 1.47. The molecule has 0 amide bonds. The molecule has 0 saturated carbocycles. The van der Waals surface area contributed by atoms with E-state index in [1.165, 1.54) is 10.6 Å². The molecular weight excluding hydrogens is 214 g/mol. The maximum atomic E-state index is 11.6. The van der Waals surface area contributed by atoms with Gasteiger partial charge >= 0.3 is 0 Å². The first-order valence-corrected chi connectivity index (χ1v) is 4.67.